The number of benzene rings is 2. The zero-order valence-electron chi connectivity index (χ0n) is 21.0. The van der Waals surface area contributed by atoms with Crippen molar-refractivity contribution in [2.45, 2.75) is 32.9 Å². The quantitative estimate of drug-likeness (QED) is 0.512. The third kappa shape index (κ3) is 5.15. The summed E-state index contributed by atoms with van der Waals surface area (Å²) in [6.07, 6.45) is 0.281. The molecule has 0 saturated carbocycles. The minimum absolute atomic E-state index is 0.0392. The zero-order chi connectivity index (χ0) is 26.0. The van der Waals surface area contributed by atoms with E-state index in [1.165, 1.54) is 0 Å². The second-order valence-electron chi connectivity index (χ2n) is 9.78. The smallest absolute Gasteiger partial charge is 0.410 e. The van der Waals surface area contributed by atoms with Gasteiger partial charge in [0.25, 0.3) is 0 Å². The highest BCUT2D eigenvalue weighted by Gasteiger charge is 2.27. The summed E-state index contributed by atoms with van der Waals surface area (Å²) < 4.78 is 12.4. The number of hydrogen-bond donors (Lipinski definition) is 1. The molecule has 0 aliphatic carbocycles. The van der Waals surface area contributed by atoms with E-state index >= 15 is 0 Å². The summed E-state index contributed by atoms with van der Waals surface area (Å²) in [4.78, 5) is 40.4. The van der Waals surface area contributed by atoms with Crippen LogP contribution >= 0.6 is 0 Å². The van der Waals surface area contributed by atoms with Crippen LogP contribution in [0.1, 0.15) is 47.2 Å². The van der Waals surface area contributed by atoms with Crippen LogP contribution in [0.2, 0.25) is 0 Å². The Morgan fingerprint density at radius 3 is 2.25 bits per heavy atom. The first-order chi connectivity index (χ1) is 17.1. The summed E-state index contributed by atoms with van der Waals surface area (Å²) in [5, 5.41) is 10.5. The first kappa shape index (κ1) is 25.1. The Morgan fingerprint density at radius 1 is 1.03 bits per heavy atom. The number of methoxy groups -OCH3 is 1. The van der Waals surface area contributed by atoms with Gasteiger partial charge in [0.2, 0.25) is 0 Å². The lowest BCUT2D eigenvalue weighted by molar-refractivity contribution is 0.0240. The van der Waals surface area contributed by atoms with Crippen molar-refractivity contribution in [3.8, 4) is 5.75 Å². The molecule has 1 saturated heterocycles. The van der Waals surface area contributed by atoms with Crippen molar-refractivity contribution in [1.82, 2.24) is 9.47 Å². The van der Waals surface area contributed by atoms with Crippen LogP contribution in [0, 0.1) is 0 Å². The Bertz CT molecular complexity index is 1280. The average Bonchev–Trinajstić information content (AvgIpc) is 3.16. The predicted molar refractivity (Wildman–Crippen MR) is 136 cm³/mol. The van der Waals surface area contributed by atoms with Gasteiger partial charge in [-0.15, -0.1) is 0 Å². The highest BCUT2D eigenvalue weighted by atomic mass is 16.6. The molecule has 3 aromatic rings. The van der Waals surface area contributed by atoms with E-state index in [9.17, 15) is 19.5 Å². The predicted octanol–water partition coefficient (Wildman–Crippen LogP) is 4.27. The minimum Gasteiger partial charge on any atom is -0.497 e. The molecule has 0 radical (unpaired) electrons. The third-order valence-electron chi connectivity index (χ3n) is 6.20. The van der Waals surface area contributed by atoms with Crippen molar-refractivity contribution in [3.63, 3.8) is 0 Å². The Labute approximate surface area is 209 Å². The van der Waals surface area contributed by atoms with E-state index in [0.717, 1.165) is 11.3 Å². The molecule has 36 heavy (non-hydrogen) atoms. The van der Waals surface area contributed by atoms with Gasteiger partial charge in [0.1, 0.15) is 17.0 Å². The molecule has 190 valence electrons. The molecule has 0 unspecified atom stereocenters. The van der Waals surface area contributed by atoms with Crippen LogP contribution in [0.15, 0.2) is 42.5 Å². The molecule has 0 atom stereocenters. The van der Waals surface area contributed by atoms with Gasteiger partial charge in [-0.2, -0.15) is 0 Å². The summed E-state index contributed by atoms with van der Waals surface area (Å²) in [6, 6.07) is 13.0. The molecule has 2 aromatic carbocycles. The number of carbonyl (C=O) groups is 3. The van der Waals surface area contributed by atoms with Gasteiger partial charge in [-0.1, -0.05) is 18.2 Å². The highest BCUT2D eigenvalue weighted by molar-refractivity contribution is 6.08. The van der Waals surface area contributed by atoms with Gasteiger partial charge in [0.15, 0.2) is 6.29 Å². The molecule has 2 heterocycles. The maximum atomic E-state index is 12.4. The van der Waals surface area contributed by atoms with Gasteiger partial charge < -0.3 is 28.9 Å². The van der Waals surface area contributed by atoms with Crippen LogP contribution in [0.5, 0.6) is 5.75 Å². The molecule has 1 aliphatic rings. The van der Waals surface area contributed by atoms with Gasteiger partial charge in [-0.25, -0.2) is 9.59 Å². The van der Waals surface area contributed by atoms with Crippen molar-refractivity contribution < 1.29 is 29.0 Å². The van der Waals surface area contributed by atoms with Crippen LogP contribution in [-0.2, 0) is 11.3 Å². The van der Waals surface area contributed by atoms with Gasteiger partial charge in [0.05, 0.1) is 18.2 Å². The largest absolute Gasteiger partial charge is 0.497 e. The third-order valence-corrected chi connectivity index (χ3v) is 6.20. The number of fused-ring (bicyclic) bond motifs is 1. The Morgan fingerprint density at radius 2 is 1.69 bits per heavy atom. The fraction of sp³-hybridized carbons (Fsp3) is 0.370. The van der Waals surface area contributed by atoms with Crippen LogP contribution in [0.3, 0.4) is 0 Å². The Balaban J connectivity index is 1.65. The number of carboxylic acid groups (broad SMARTS) is 1. The Kier molecular flexibility index (Phi) is 6.92. The number of carbonyl (C=O) groups excluding carboxylic acids is 2. The van der Waals surface area contributed by atoms with Crippen LogP contribution < -0.4 is 9.64 Å². The highest BCUT2D eigenvalue weighted by Crippen LogP contribution is 2.31. The van der Waals surface area contributed by atoms with E-state index in [1.54, 1.807) is 22.6 Å². The fourth-order valence-corrected chi connectivity index (χ4v) is 4.46. The van der Waals surface area contributed by atoms with Crippen LogP contribution in [0.4, 0.5) is 10.5 Å². The lowest BCUT2D eigenvalue weighted by Crippen LogP contribution is -2.50. The first-order valence-corrected chi connectivity index (χ1v) is 11.8. The van der Waals surface area contributed by atoms with Crippen molar-refractivity contribution in [1.29, 1.82) is 0 Å². The number of amides is 1. The lowest BCUT2D eigenvalue weighted by atomic mass is 10.1. The summed E-state index contributed by atoms with van der Waals surface area (Å²) in [7, 11) is 1.59. The molecule has 1 amide bonds. The summed E-state index contributed by atoms with van der Waals surface area (Å²) in [6.45, 7) is 8.06. The summed E-state index contributed by atoms with van der Waals surface area (Å²) in [5.74, 6) is -0.453. The number of anilines is 1. The average molecular weight is 494 g/mol. The molecular formula is C27H31N3O6. The molecule has 0 spiro atoms. The number of aromatic nitrogens is 1. The number of rotatable bonds is 6. The van der Waals surface area contributed by atoms with Gasteiger partial charge in [-0.3, -0.25) is 4.79 Å². The maximum absolute atomic E-state index is 12.4. The first-order valence-electron chi connectivity index (χ1n) is 11.8. The monoisotopic (exact) mass is 493 g/mol. The molecular weight excluding hydrogens is 462 g/mol. The second-order valence-corrected chi connectivity index (χ2v) is 9.78. The summed E-state index contributed by atoms with van der Waals surface area (Å²) in [5.41, 5.74) is 2.01. The lowest BCUT2D eigenvalue weighted by Gasteiger charge is -2.36. The number of piperazine rings is 1. The number of nitrogens with zero attached hydrogens (tertiary/aromatic N) is 3. The van der Waals surface area contributed by atoms with Gasteiger partial charge in [0, 0.05) is 43.8 Å². The van der Waals surface area contributed by atoms with E-state index < -0.39 is 11.6 Å². The van der Waals surface area contributed by atoms with E-state index in [4.69, 9.17) is 9.47 Å². The molecule has 0 bridgehead atoms. The van der Waals surface area contributed by atoms with E-state index in [2.05, 4.69) is 4.90 Å². The Hall–Kier alpha value is -4.01. The minimum atomic E-state index is -1.16. The number of carboxylic acids is 1. The normalized spacial score (nSPS) is 14.1. The topological polar surface area (TPSA) is 101 Å². The fourth-order valence-electron chi connectivity index (χ4n) is 4.46. The number of ether oxygens (including phenoxy) is 2. The van der Waals surface area contributed by atoms with Gasteiger partial charge in [-0.05, 0) is 50.6 Å². The zero-order valence-corrected chi connectivity index (χ0v) is 21.0. The second kappa shape index (κ2) is 9.93. The van der Waals surface area contributed by atoms with Gasteiger partial charge >= 0.3 is 12.1 Å². The van der Waals surface area contributed by atoms with Crippen LogP contribution in [-0.4, -0.2) is 71.8 Å². The van der Waals surface area contributed by atoms with Crippen LogP contribution in [0.25, 0.3) is 10.9 Å². The molecule has 4 rings (SSSR count). The van der Waals surface area contributed by atoms with E-state index in [-0.39, 0.29) is 23.9 Å². The van der Waals surface area contributed by atoms with Crippen molar-refractivity contribution >= 4 is 34.9 Å². The number of hydrogen-bond acceptors (Lipinski definition) is 6. The molecule has 1 aromatic heterocycles. The van der Waals surface area contributed by atoms with Crippen molar-refractivity contribution in [3.05, 3.63) is 59.3 Å². The van der Waals surface area contributed by atoms with E-state index in [1.807, 2.05) is 57.2 Å². The maximum Gasteiger partial charge on any atom is 0.410 e. The van der Waals surface area contributed by atoms with Crippen molar-refractivity contribution in [2.24, 2.45) is 0 Å². The summed E-state index contributed by atoms with van der Waals surface area (Å²) >= 11 is 0. The number of aldehydes is 1. The molecule has 1 N–H and O–H groups in total. The SMILES string of the molecule is COc1ccc(Cn2c(C(=O)O)c(C=O)c3ccc(N4CCN(C(=O)OC(C)(C)C)CC4)cc32)cc1. The van der Waals surface area contributed by atoms with Crippen molar-refractivity contribution in [2.75, 3.05) is 38.2 Å². The molecule has 1 aliphatic heterocycles. The number of aromatic carboxylic acids is 1. The standard InChI is InChI=1S/C27H31N3O6/c1-27(2,3)36-26(34)29-13-11-28(12-14-29)19-7-10-21-22(17-31)24(25(32)33)30(23(21)15-19)16-18-5-8-20(35-4)9-6-18/h5-10,15,17H,11-14,16H2,1-4H3,(H,32,33). The molecule has 9 nitrogen and oxygen atoms in total. The molecule has 9 heteroatoms. The molecule has 1 fully saturated rings. The van der Waals surface area contributed by atoms with E-state index in [0.29, 0.717) is 49.1 Å².